The minimum atomic E-state index is -0.661. The van der Waals surface area contributed by atoms with Gasteiger partial charge in [-0.05, 0) is 107 Å². The fourth-order valence-electron chi connectivity index (χ4n) is 6.29. The molecule has 0 amide bonds. The third kappa shape index (κ3) is 6.94. The van der Waals surface area contributed by atoms with Gasteiger partial charge in [-0.2, -0.15) is 10.3 Å². The van der Waals surface area contributed by atoms with E-state index in [9.17, 15) is 10.5 Å². The predicted molar refractivity (Wildman–Crippen MR) is 169 cm³/mol. The van der Waals surface area contributed by atoms with Gasteiger partial charge in [0.1, 0.15) is 5.75 Å². The highest BCUT2D eigenvalue weighted by molar-refractivity contribution is 5.47. The molecule has 2 aromatic rings. The van der Waals surface area contributed by atoms with E-state index in [1.165, 1.54) is 16.2 Å². The molecule has 3 rings (SSSR count). The molecule has 7 heteroatoms. The Morgan fingerprint density at radius 3 is 2.17 bits per heavy atom. The number of ether oxygens (including phenoxy) is 3. The molecule has 0 aromatic heterocycles. The Bertz CT molecular complexity index is 1290. The van der Waals surface area contributed by atoms with Crippen LogP contribution in [0, 0.1) is 24.2 Å². The summed E-state index contributed by atoms with van der Waals surface area (Å²) in [4.78, 5) is 2.46. The van der Waals surface area contributed by atoms with E-state index in [0.717, 1.165) is 49.4 Å². The second-order valence-electron chi connectivity index (χ2n) is 12.9. The Kier molecular flexibility index (Phi) is 10.8. The highest BCUT2D eigenvalue weighted by Crippen LogP contribution is 2.41. The monoisotopic (exact) mass is 577 g/mol. The van der Waals surface area contributed by atoms with E-state index < -0.39 is 16.5 Å². The van der Waals surface area contributed by atoms with Crippen molar-refractivity contribution in [3.05, 3.63) is 64.7 Å². The van der Waals surface area contributed by atoms with Crippen LogP contribution in [0.2, 0.25) is 0 Å². The zero-order chi connectivity index (χ0) is 31.3. The lowest BCUT2D eigenvalue weighted by molar-refractivity contribution is -0.185. The first-order chi connectivity index (χ1) is 19.7. The van der Waals surface area contributed by atoms with Crippen LogP contribution < -0.4 is 14.2 Å². The van der Waals surface area contributed by atoms with Crippen LogP contribution >= 0.6 is 0 Å². The Balaban J connectivity index is 1.86. The molecular weight excluding hydrogens is 526 g/mol. The number of rotatable bonds is 14. The number of hydrogen-bond donors (Lipinski definition) is 1. The van der Waals surface area contributed by atoms with Crippen LogP contribution in [-0.4, -0.2) is 67.2 Å². The minimum Gasteiger partial charge on any atom is -0.496 e. The molecule has 1 aliphatic rings. The fraction of sp³-hybridized carbons (Fsp3) is 0.571. The standard InChI is InChI=1S/C35H51N3O4/c1-25(2)35(24-36,28-14-15-30(40-8)32(21-28)42-10)17-11-18-37(19-16-27-13-12-26(3)31(20-27)41-9)23-29-22-33(4,5)38(39)34(29,6)7/h12-15,20-22,25,39H,11,16-19,23H2,1-10H3. The van der Waals surface area contributed by atoms with Crippen LogP contribution in [0.5, 0.6) is 17.2 Å². The van der Waals surface area contributed by atoms with Gasteiger partial charge in [-0.15, -0.1) is 0 Å². The number of methoxy groups -OCH3 is 3. The smallest absolute Gasteiger partial charge is 0.161 e. The lowest BCUT2D eigenvalue weighted by Gasteiger charge is -2.37. The average Bonchev–Trinajstić information content (AvgIpc) is 3.12. The van der Waals surface area contributed by atoms with Crippen molar-refractivity contribution in [2.75, 3.05) is 41.0 Å². The molecule has 7 nitrogen and oxygen atoms in total. The van der Waals surface area contributed by atoms with E-state index in [1.54, 1.807) is 21.3 Å². The van der Waals surface area contributed by atoms with Gasteiger partial charge in [0.2, 0.25) is 0 Å². The summed E-state index contributed by atoms with van der Waals surface area (Å²) in [6.07, 6.45) is 4.63. The number of hydrogen-bond acceptors (Lipinski definition) is 7. The lowest BCUT2D eigenvalue weighted by Crippen LogP contribution is -2.49. The quantitative estimate of drug-likeness (QED) is 0.243. The maximum Gasteiger partial charge on any atom is 0.161 e. The van der Waals surface area contributed by atoms with Crippen LogP contribution in [0.3, 0.4) is 0 Å². The summed E-state index contributed by atoms with van der Waals surface area (Å²) in [6, 6.07) is 14.9. The zero-order valence-electron chi connectivity index (χ0n) is 27.4. The Labute approximate surface area is 253 Å². The summed E-state index contributed by atoms with van der Waals surface area (Å²) in [7, 11) is 4.96. The second-order valence-corrected chi connectivity index (χ2v) is 12.9. The van der Waals surface area contributed by atoms with Crippen molar-refractivity contribution < 1.29 is 19.4 Å². The van der Waals surface area contributed by atoms with Gasteiger partial charge in [-0.25, -0.2) is 0 Å². The molecule has 0 bridgehead atoms. The first-order valence-corrected chi connectivity index (χ1v) is 15.0. The van der Waals surface area contributed by atoms with Gasteiger partial charge >= 0.3 is 0 Å². The highest BCUT2D eigenvalue weighted by Gasteiger charge is 2.45. The molecule has 1 atom stereocenters. The normalized spacial score (nSPS) is 17.6. The van der Waals surface area contributed by atoms with Gasteiger partial charge in [-0.1, -0.05) is 38.1 Å². The molecule has 0 saturated heterocycles. The molecule has 1 unspecified atom stereocenters. The fourth-order valence-corrected chi connectivity index (χ4v) is 6.29. The Morgan fingerprint density at radius 2 is 1.62 bits per heavy atom. The Hall–Kier alpha value is -3.05. The molecule has 1 aliphatic heterocycles. The molecule has 42 heavy (non-hydrogen) atoms. The maximum atomic E-state index is 10.9. The van der Waals surface area contributed by atoms with E-state index in [4.69, 9.17) is 14.2 Å². The summed E-state index contributed by atoms with van der Waals surface area (Å²) in [5.41, 5.74) is 2.94. The van der Waals surface area contributed by atoms with E-state index in [2.05, 4.69) is 69.9 Å². The molecule has 0 saturated carbocycles. The summed E-state index contributed by atoms with van der Waals surface area (Å²) in [5.74, 6) is 2.30. The van der Waals surface area contributed by atoms with Crippen molar-refractivity contribution in [3.63, 3.8) is 0 Å². The molecule has 0 radical (unpaired) electrons. The minimum absolute atomic E-state index is 0.106. The molecular formula is C35H51N3O4. The van der Waals surface area contributed by atoms with Crippen LogP contribution in [0.4, 0.5) is 0 Å². The Morgan fingerprint density at radius 1 is 0.952 bits per heavy atom. The van der Waals surface area contributed by atoms with Crippen LogP contribution in [0.25, 0.3) is 0 Å². The first-order valence-electron chi connectivity index (χ1n) is 15.0. The van der Waals surface area contributed by atoms with Gasteiger partial charge < -0.3 is 19.4 Å². The lowest BCUT2D eigenvalue weighted by atomic mass is 9.69. The molecule has 0 fully saturated rings. The van der Waals surface area contributed by atoms with Crippen molar-refractivity contribution in [2.24, 2.45) is 5.92 Å². The van der Waals surface area contributed by atoms with Crippen molar-refractivity contribution in [2.45, 2.75) is 84.2 Å². The maximum absolute atomic E-state index is 10.9. The van der Waals surface area contributed by atoms with Crippen molar-refractivity contribution in [1.29, 1.82) is 5.26 Å². The van der Waals surface area contributed by atoms with Crippen LogP contribution in [0.15, 0.2) is 48.0 Å². The van der Waals surface area contributed by atoms with Crippen LogP contribution in [-0.2, 0) is 11.8 Å². The average molecular weight is 578 g/mol. The topological polar surface area (TPSA) is 78.2 Å². The van der Waals surface area contributed by atoms with Crippen molar-refractivity contribution in [1.82, 2.24) is 9.96 Å². The molecule has 1 N–H and O–H groups in total. The predicted octanol–water partition coefficient (Wildman–Crippen LogP) is 6.95. The number of benzene rings is 2. The SMILES string of the molecule is COc1cc(CCN(CCCC(C#N)(c2ccc(OC)c(OC)c2)C(C)C)CC2=CC(C)(C)N(O)C2(C)C)ccc1C. The second kappa shape index (κ2) is 13.5. The van der Waals surface area contributed by atoms with Gasteiger partial charge in [0.15, 0.2) is 11.5 Å². The van der Waals surface area contributed by atoms with Gasteiger partial charge in [0.25, 0.3) is 0 Å². The molecule has 0 spiro atoms. The third-order valence-electron chi connectivity index (χ3n) is 9.10. The number of hydroxylamine groups is 2. The largest absolute Gasteiger partial charge is 0.496 e. The third-order valence-corrected chi connectivity index (χ3v) is 9.10. The van der Waals surface area contributed by atoms with E-state index in [0.29, 0.717) is 17.9 Å². The molecule has 230 valence electrons. The zero-order valence-corrected chi connectivity index (χ0v) is 27.4. The summed E-state index contributed by atoms with van der Waals surface area (Å²) >= 11 is 0. The van der Waals surface area contributed by atoms with Gasteiger partial charge in [0, 0.05) is 13.1 Å². The van der Waals surface area contributed by atoms with Gasteiger partial charge in [0.05, 0.1) is 43.9 Å². The van der Waals surface area contributed by atoms with E-state index >= 15 is 0 Å². The van der Waals surface area contributed by atoms with Crippen LogP contribution in [0.1, 0.15) is 71.1 Å². The molecule has 0 aliphatic carbocycles. The summed E-state index contributed by atoms with van der Waals surface area (Å²) in [5, 5.41) is 23.0. The molecule has 1 heterocycles. The number of nitriles is 1. The summed E-state index contributed by atoms with van der Waals surface area (Å²) < 4.78 is 16.6. The highest BCUT2D eigenvalue weighted by atomic mass is 16.5. The van der Waals surface area contributed by atoms with Crippen molar-refractivity contribution in [3.8, 4) is 23.3 Å². The first kappa shape index (κ1) is 33.5. The summed E-state index contributed by atoms with van der Waals surface area (Å²) in [6.45, 7) is 16.9. The number of aryl methyl sites for hydroxylation is 1. The van der Waals surface area contributed by atoms with E-state index in [1.807, 2.05) is 32.0 Å². The van der Waals surface area contributed by atoms with Crippen molar-refractivity contribution >= 4 is 0 Å². The van der Waals surface area contributed by atoms with E-state index in [-0.39, 0.29) is 5.92 Å². The molecule has 2 aromatic carbocycles. The number of nitrogens with zero attached hydrogens (tertiary/aromatic N) is 3. The van der Waals surface area contributed by atoms with Gasteiger partial charge in [-0.3, -0.25) is 4.90 Å².